The summed E-state index contributed by atoms with van der Waals surface area (Å²) >= 11 is 0. The zero-order chi connectivity index (χ0) is 16.4. The van der Waals surface area contributed by atoms with Gasteiger partial charge in [0.25, 0.3) is 0 Å². The SMILES string of the molecule is CCOP(=O)(OCC)[C@@H](N)c1c(F)c(F)c(F)c(F)c1F. The Morgan fingerprint density at radius 3 is 1.57 bits per heavy atom. The Labute approximate surface area is 117 Å². The van der Waals surface area contributed by atoms with Crippen LogP contribution in [0, 0.1) is 29.1 Å². The Kier molecular flexibility index (Phi) is 5.86. The minimum absolute atomic E-state index is 0.194. The molecular formula is C11H13F5NO3P. The Bertz CT molecular complexity index is 544. The Balaban J connectivity index is 3.49. The van der Waals surface area contributed by atoms with E-state index in [-0.39, 0.29) is 13.2 Å². The lowest BCUT2D eigenvalue weighted by Gasteiger charge is -2.24. The van der Waals surface area contributed by atoms with Crippen LogP contribution >= 0.6 is 7.60 Å². The summed E-state index contributed by atoms with van der Waals surface area (Å²) in [6.45, 7) is 2.41. The summed E-state index contributed by atoms with van der Waals surface area (Å²) in [6, 6.07) is 0. The normalized spacial score (nSPS) is 13.5. The predicted octanol–water partition coefficient (Wildman–Crippen LogP) is 3.61. The van der Waals surface area contributed by atoms with Gasteiger partial charge >= 0.3 is 7.60 Å². The Morgan fingerprint density at radius 1 is 0.905 bits per heavy atom. The highest BCUT2D eigenvalue weighted by Gasteiger charge is 2.40. The summed E-state index contributed by atoms with van der Waals surface area (Å²) in [5.74, 6) is -13.2. The van der Waals surface area contributed by atoms with Gasteiger partial charge in [-0.05, 0) is 13.8 Å². The van der Waals surface area contributed by atoms with Gasteiger partial charge in [0.1, 0.15) is 5.78 Å². The fourth-order valence-corrected chi connectivity index (χ4v) is 3.26. The second-order valence-corrected chi connectivity index (χ2v) is 5.96. The average Bonchev–Trinajstić information content (AvgIpc) is 2.43. The molecule has 0 heterocycles. The molecule has 0 amide bonds. The van der Waals surface area contributed by atoms with Crippen LogP contribution < -0.4 is 5.73 Å². The molecule has 0 radical (unpaired) electrons. The lowest BCUT2D eigenvalue weighted by Crippen LogP contribution is -2.20. The van der Waals surface area contributed by atoms with Crippen molar-refractivity contribution in [2.45, 2.75) is 19.6 Å². The third-order valence-electron chi connectivity index (χ3n) is 2.50. The number of nitrogens with two attached hydrogens (primary N) is 1. The molecule has 1 aromatic carbocycles. The summed E-state index contributed by atoms with van der Waals surface area (Å²) in [6.07, 6.45) is 0. The van der Waals surface area contributed by atoms with Gasteiger partial charge in [0.2, 0.25) is 5.82 Å². The van der Waals surface area contributed by atoms with Crippen LogP contribution in [0.4, 0.5) is 22.0 Å². The highest BCUT2D eigenvalue weighted by atomic mass is 31.2. The van der Waals surface area contributed by atoms with Crippen molar-refractivity contribution in [3.8, 4) is 0 Å². The molecule has 4 nitrogen and oxygen atoms in total. The number of rotatable bonds is 6. The largest absolute Gasteiger partial charge is 0.351 e. The maximum absolute atomic E-state index is 13.6. The van der Waals surface area contributed by atoms with Crippen LogP contribution in [0.15, 0.2) is 0 Å². The van der Waals surface area contributed by atoms with Crippen molar-refractivity contribution in [3.05, 3.63) is 34.6 Å². The first-order valence-corrected chi connectivity index (χ1v) is 7.48. The summed E-state index contributed by atoms with van der Waals surface area (Å²) in [7, 11) is -4.30. The topological polar surface area (TPSA) is 61.5 Å². The van der Waals surface area contributed by atoms with E-state index in [1.807, 2.05) is 0 Å². The Hall–Kier alpha value is -1.02. The molecule has 0 saturated heterocycles. The molecule has 0 unspecified atom stereocenters. The first-order chi connectivity index (χ1) is 9.71. The van der Waals surface area contributed by atoms with Crippen LogP contribution in [-0.2, 0) is 13.6 Å². The number of hydrogen-bond donors (Lipinski definition) is 1. The molecule has 21 heavy (non-hydrogen) atoms. The lowest BCUT2D eigenvalue weighted by atomic mass is 10.1. The van der Waals surface area contributed by atoms with Crippen LogP contribution in [0.2, 0.25) is 0 Å². The number of benzene rings is 1. The molecule has 0 bridgehead atoms. The van der Waals surface area contributed by atoms with Gasteiger partial charge in [-0.3, -0.25) is 4.57 Å². The Morgan fingerprint density at radius 2 is 1.24 bits per heavy atom. The van der Waals surface area contributed by atoms with E-state index in [0.717, 1.165) is 0 Å². The first-order valence-electron chi connectivity index (χ1n) is 5.86. The molecule has 120 valence electrons. The minimum atomic E-state index is -4.30. The van der Waals surface area contributed by atoms with Crippen molar-refractivity contribution in [3.63, 3.8) is 0 Å². The van der Waals surface area contributed by atoms with Crippen molar-refractivity contribution < 1.29 is 35.6 Å². The van der Waals surface area contributed by atoms with Crippen LogP contribution in [0.5, 0.6) is 0 Å². The third kappa shape index (κ3) is 3.26. The first kappa shape index (κ1) is 18.0. The maximum atomic E-state index is 13.6. The average molecular weight is 333 g/mol. The van der Waals surface area contributed by atoms with E-state index in [1.54, 1.807) is 0 Å². The fraction of sp³-hybridized carbons (Fsp3) is 0.455. The highest BCUT2D eigenvalue weighted by molar-refractivity contribution is 7.54. The lowest BCUT2D eigenvalue weighted by molar-refractivity contribution is 0.210. The monoisotopic (exact) mass is 333 g/mol. The summed E-state index contributed by atoms with van der Waals surface area (Å²) < 4.78 is 88.3. The summed E-state index contributed by atoms with van der Waals surface area (Å²) in [4.78, 5) is 0. The van der Waals surface area contributed by atoms with E-state index < -0.39 is 48.0 Å². The number of hydrogen-bond acceptors (Lipinski definition) is 4. The molecule has 10 heteroatoms. The van der Waals surface area contributed by atoms with Crippen molar-refractivity contribution in [1.82, 2.24) is 0 Å². The molecule has 0 fully saturated rings. The van der Waals surface area contributed by atoms with Crippen molar-refractivity contribution >= 4 is 7.60 Å². The molecule has 1 atom stereocenters. The zero-order valence-corrected chi connectivity index (χ0v) is 12.0. The van der Waals surface area contributed by atoms with Gasteiger partial charge in [-0.15, -0.1) is 0 Å². The van der Waals surface area contributed by atoms with Crippen molar-refractivity contribution in [2.75, 3.05) is 13.2 Å². The maximum Gasteiger partial charge on any atom is 0.351 e. The van der Waals surface area contributed by atoms with E-state index in [1.165, 1.54) is 13.8 Å². The second-order valence-electron chi connectivity index (χ2n) is 3.80. The molecule has 0 aliphatic carbocycles. The van der Waals surface area contributed by atoms with E-state index in [2.05, 4.69) is 0 Å². The summed E-state index contributed by atoms with van der Waals surface area (Å²) in [5.41, 5.74) is 3.95. The van der Waals surface area contributed by atoms with E-state index >= 15 is 0 Å². The van der Waals surface area contributed by atoms with E-state index in [9.17, 15) is 26.5 Å². The van der Waals surface area contributed by atoms with Gasteiger partial charge in [0.15, 0.2) is 23.3 Å². The van der Waals surface area contributed by atoms with E-state index in [0.29, 0.717) is 0 Å². The molecule has 0 aliphatic heterocycles. The molecule has 0 spiro atoms. The third-order valence-corrected chi connectivity index (χ3v) is 4.67. The predicted molar refractivity (Wildman–Crippen MR) is 64.0 cm³/mol. The molecule has 1 rings (SSSR count). The second kappa shape index (κ2) is 6.83. The molecule has 0 aliphatic rings. The highest BCUT2D eigenvalue weighted by Crippen LogP contribution is 2.59. The molecule has 2 N–H and O–H groups in total. The van der Waals surface area contributed by atoms with Crippen LogP contribution in [0.25, 0.3) is 0 Å². The molecular weight excluding hydrogens is 320 g/mol. The van der Waals surface area contributed by atoms with Gasteiger partial charge in [0, 0.05) is 0 Å². The van der Waals surface area contributed by atoms with Crippen LogP contribution in [0.1, 0.15) is 25.2 Å². The smallest absolute Gasteiger partial charge is 0.314 e. The number of halogens is 5. The molecule has 0 aromatic heterocycles. The van der Waals surface area contributed by atoms with Gasteiger partial charge in [-0.1, -0.05) is 0 Å². The molecule has 1 aromatic rings. The standard InChI is InChI=1S/C11H13F5NO3P/c1-3-19-21(18,20-4-2)11(17)5-6(12)8(14)10(16)9(15)7(5)13/h11H,3-4,17H2,1-2H3/t11-/m1/s1. The quantitative estimate of drug-likeness (QED) is 0.374. The van der Waals surface area contributed by atoms with Gasteiger partial charge in [-0.25, -0.2) is 22.0 Å². The minimum Gasteiger partial charge on any atom is -0.314 e. The van der Waals surface area contributed by atoms with Crippen molar-refractivity contribution in [1.29, 1.82) is 0 Å². The van der Waals surface area contributed by atoms with Gasteiger partial charge in [-0.2, -0.15) is 0 Å². The van der Waals surface area contributed by atoms with Crippen LogP contribution in [-0.4, -0.2) is 13.2 Å². The van der Waals surface area contributed by atoms with Gasteiger partial charge in [0.05, 0.1) is 18.8 Å². The zero-order valence-electron chi connectivity index (χ0n) is 11.1. The van der Waals surface area contributed by atoms with E-state index in [4.69, 9.17) is 14.8 Å². The van der Waals surface area contributed by atoms with Gasteiger partial charge < -0.3 is 14.8 Å². The van der Waals surface area contributed by atoms with Crippen LogP contribution in [0.3, 0.4) is 0 Å². The van der Waals surface area contributed by atoms with Crippen molar-refractivity contribution in [2.24, 2.45) is 5.73 Å². The molecule has 0 saturated carbocycles. The summed E-state index contributed by atoms with van der Waals surface area (Å²) in [5, 5.41) is 0. The fourth-order valence-electron chi connectivity index (χ4n) is 1.60.